The maximum Gasteiger partial charge on any atom is 0.240 e. The molecule has 0 aliphatic carbocycles. The van der Waals surface area contributed by atoms with Gasteiger partial charge >= 0.3 is 0 Å². The first-order valence-electron chi connectivity index (χ1n) is 6.24. The van der Waals surface area contributed by atoms with Crippen LogP contribution in [0.2, 0.25) is 0 Å². The van der Waals surface area contributed by atoms with Gasteiger partial charge in [-0.25, -0.2) is 13.1 Å². The molecule has 0 unspecified atom stereocenters. The summed E-state index contributed by atoms with van der Waals surface area (Å²) in [6.45, 7) is 4.04. The van der Waals surface area contributed by atoms with Gasteiger partial charge in [-0.3, -0.25) is 0 Å². The van der Waals surface area contributed by atoms with Crippen molar-refractivity contribution < 1.29 is 8.42 Å². The largest absolute Gasteiger partial charge is 0.398 e. The van der Waals surface area contributed by atoms with Gasteiger partial charge in [0.2, 0.25) is 10.0 Å². The van der Waals surface area contributed by atoms with Crippen molar-refractivity contribution in [3.63, 3.8) is 0 Å². The van der Waals surface area contributed by atoms with E-state index >= 15 is 0 Å². The maximum absolute atomic E-state index is 12.2. The van der Waals surface area contributed by atoms with E-state index in [-0.39, 0.29) is 4.90 Å². The van der Waals surface area contributed by atoms with Crippen molar-refractivity contribution in [2.24, 2.45) is 0 Å². The number of thioether (sulfide) groups is 1. The highest BCUT2D eigenvalue weighted by Gasteiger charge is 2.17. The van der Waals surface area contributed by atoms with Crippen LogP contribution in [0.1, 0.15) is 24.0 Å². The molecular weight excluding hydrogens is 280 g/mol. The number of nitrogens with one attached hydrogen (secondary N) is 1. The van der Waals surface area contributed by atoms with Gasteiger partial charge in [-0.2, -0.15) is 11.8 Å². The number of anilines is 1. The molecule has 0 bridgehead atoms. The Balaban J connectivity index is 2.78. The van der Waals surface area contributed by atoms with Crippen LogP contribution in [0.5, 0.6) is 0 Å². The van der Waals surface area contributed by atoms with E-state index in [4.69, 9.17) is 5.73 Å². The molecule has 0 aliphatic heterocycles. The highest BCUT2D eigenvalue weighted by molar-refractivity contribution is 7.98. The molecule has 1 aromatic rings. The Bertz CT molecular complexity index is 528. The molecule has 108 valence electrons. The van der Waals surface area contributed by atoms with Crippen molar-refractivity contribution in [1.82, 2.24) is 4.72 Å². The van der Waals surface area contributed by atoms with E-state index in [0.717, 1.165) is 24.2 Å². The van der Waals surface area contributed by atoms with Gasteiger partial charge in [0, 0.05) is 12.2 Å². The van der Waals surface area contributed by atoms with Gasteiger partial charge in [0.05, 0.1) is 4.90 Å². The van der Waals surface area contributed by atoms with Crippen LogP contribution in [-0.4, -0.2) is 27.0 Å². The van der Waals surface area contributed by atoms with Crippen LogP contribution in [0.4, 0.5) is 5.69 Å². The van der Waals surface area contributed by atoms with Crippen molar-refractivity contribution in [3.8, 4) is 0 Å². The van der Waals surface area contributed by atoms with Crippen molar-refractivity contribution in [3.05, 3.63) is 23.3 Å². The number of nitrogens with two attached hydrogens (primary N) is 1. The molecule has 0 amide bonds. The first-order valence-corrected chi connectivity index (χ1v) is 9.11. The predicted octanol–water partition coefficient (Wildman–Crippen LogP) is 2.31. The summed E-state index contributed by atoms with van der Waals surface area (Å²) in [5.41, 5.74) is 7.80. The Morgan fingerprint density at radius 3 is 2.58 bits per heavy atom. The standard InChI is InChI=1S/C13H22N2O2S2/c1-10-8-12(14)11(2)13(9-10)19(16,17)15-6-4-5-7-18-3/h8-9,15H,4-7,14H2,1-3H3. The molecule has 19 heavy (non-hydrogen) atoms. The molecular formula is C13H22N2O2S2. The molecule has 0 radical (unpaired) electrons. The third-order valence-corrected chi connectivity index (χ3v) is 5.19. The SMILES string of the molecule is CSCCCCNS(=O)(=O)c1cc(C)cc(N)c1C. The van der Waals surface area contributed by atoms with E-state index in [1.165, 1.54) is 0 Å². The summed E-state index contributed by atoms with van der Waals surface area (Å²) in [4.78, 5) is 0.287. The molecule has 0 saturated carbocycles. The lowest BCUT2D eigenvalue weighted by Crippen LogP contribution is -2.26. The maximum atomic E-state index is 12.2. The van der Waals surface area contributed by atoms with Crippen molar-refractivity contribution in [2.45, 2.75) is 31.6 Å². The fraction of sp³-hybridized carbons (Fsp3) is 0.538. The van der Waals surface area contributed by atoms with Crippen LogP contribution in [0.3, 0.4) is 0 Å². The highest BCUT2D eigenvalue weighted by atomic mass is 32.2. The molecule has 0 spiro atoms. The predicted molar refractivity (Wildman–Crippen MR) is 83.1 cm³/mol. The number of hydrogen-bond donors (Lipinski definition) is 2. The minimum atomic E-state index is -3.46. The Hall–Kier alpha value is -0.720. The minimum absolute atomic E-state index is 0.287. The van der Waals surface area contributed by atoms with Crippen molar-refractivity contribution in [1.29, 1.82) is 0 Å². The Kier molecular flexibility index (Phi) is 6.16. The summed E-state index contributed by atoms with van der Waals surface area (Å²) in [6.07, 6.45) is 3.90. The minimum Gasteiger partial charge on any atom is -0.398 e. The van der Waals surface area contributed by atoms with Crippen molar-refractivity contribution >= 4 is 27.5 Å². The molecule has 1 aromatic carbocycles. The molecule has 3 N–H and O–H groups in total. The Morgan fingerprint density at radius 1 is 1.26 bits per heavy atom. The summed E-state index contributed by atoms with van der Waals surface area (Å²) >= 11 is 1.77. The lowest BCUT2D eigenvalue weighted by atomic mass is 10.1. The smallest absolute Gasteiger partial charge is 0.240 e. The fourth-order valence-electron chi connectivity index (χ4n) is 1.79. The topological polar surface area (TPSA) is 72.2 Å². The number of nitrogen functional groups attached to an aromatic ring is 1. The zero-order valence-electron chi connectivity index (χ0n) is 11.7. The zero-order valence-corrected chi connectivity index (χ0v) is 13.3. The van der Waals surface area contributed by atoms with Gasteiger partial charge in [0.15, 0.2) is 0 Å². The van der Waals surface area contributed by atoms with Gasteiger partial charge in [-0.1, -0.05) is 0 Å². The molecule has 0 aliphatic rings. The Morgan fingerprint density at radius 2 is 1.95 bits per heavy atom. The van der Waals surface area contributed by atoms with E-state index in [0.29, 0.717) is 17.8 Å². The summed E-state index contributed by atoms with van der Waals surface area (Å²) < 4.78 is 27.1. The number of aryl methyl sites for hydroxylation is 1. The normalized spacial score (nSPS) is 11.7. The molecule has 0 atom stereocenters. The quantitative estimate of drug-likeness (QED) is 0.599. The van der Waals surface area contributed by atoms with Crippen LogP contribution in [0.25, 0.3) is 0 Å². The van der Waals surface area contributed by atoms with Crippen LogP contribution in [-0.2, 0) is 10.0 Å². The van der Waals surface area contributed by atoms with E-state index in [2.05, 4.69) is 4.72 Å². The molecule has 0 fully saturated rings. The van der Waals surface area contributed by atoms with Crippen LogP contribution < -0.4 is 10.5 Å². The summed E-state index contributed by atoms with van der Waals surface area (Å²) in [6, 6.07) is 3.45. The second kappa shape index (κ2) is 7.17. The van der Waals surface area contributed by atoms with Gasteiger partial charge < -0.3 is 5.73 Å². The van der Waals surface area contributed by atoms with Gasteiger partial charge in [-0.05, 0) is 62.0 Å². The molecule has 0 saturated heterocycles. The lowest BCUT2D eigenvalue weighted by molar-refractivity contribution is 0.578. The fourth-order valence-corrected chi connectivity index (χ4v) is 3.71. The monoisotopic (exact) mass is 302 g/mol. The second-order valence-corrected chi connectivity index (χ2v) is 7.30. The van der Waals surface area contributed by atoms with Gasteiger partial charge in [0.1, 0.15) is 0 Å². The van der Waals surface area contributed by atoms with Gasteiger partial charge in [-0.15, -0.1) is 0 Å². The van der Waals surface area contributed by atoms with E-state index < -0.39 is 10.0 Å². The molecule has 0 heterocycles. The molecule has 1 rings (SSSR count). The summed E-state index contributed by atoms with van der Waals surface area (Å²) in [7, 11) is -3.46. The first-order chi connectivity index (χ1) is 8.88. The number of benzene rings is 1. The van der Waals surface area contributed by atoms with Crippen LogP contribution in [0, 0.1) is 13.8 Å². The average Bonchev–Trinajstić information content (AvgIpc) is 2.33. The molecule has 4 nitrogen and oxygen atoms in total. The number of sulfonamides is 1. The Labute approximate surface area is 120 Å². The average molecular weight is 302 g/mol. The highest BCUT2D eigenvalue weighted by Crippen LogP contribution is 2.22. The first kappa shape index (κ1) is 16.3. The number of unbranched alkanes of at least 4 members (excludes halogenated alkanes) is 1. The number of hydrogen-bond acceptors (Lipinski definition) is 4. The zero-order chi connectivity index (χ0) is 14.5. The molecule has 6 heteroatoms. The summed E-state index contributed by atoms with van der Waals surface area (Å²) in [5.74, 6) is 1.05. The number of rotatable bonds is 7. The van der Waals surface area contributed by atoms with Crippen molar-refractivity contribution in [2.75, 3.05) is 24.3 Å². The third kappa shape index (κ3) is 4.71. The van der Waals surface area contributed by atoms with E-state index in [1.807, 2.05) is 13.2 Å². The van der Waals surface area contributed by atoms with Crippen LogP contribution in [0.15, 0.2) is 17.0 Å². The summed E-state index contributed by atoms with van der Waals surface area (Å²) in [5, 5.41) is 0. The molecule has 0 aromatic heterocycles. The third-order valence-electron chi connectivity index (χ3n) is 2.90. The van der Waals surface area contributed by atoms with Crippen LogP contribution >= 0.6 is 11.8 Å². The van der Waals surface area contributed by atoms with E-state index in [1.54, 1.807) is 30.8 Å². The second-order valence-electron chi connectivity index (χ2n) is 4.57. The van der Waals surface area contributed by atoms with E-state index in [9.17, 15) is 8.42 Å². The van der Waals surface area contributed by atoms with Gasteiger partial charge in [0.25, 0.3) is 0 Å². The lowest BCUT2D eigenvalue weighted by Gasteiger charge is -2.12.